The molecule has 0 unspecified atom stereocenters. The molecule has 1 aliphatic rings. The molecule has 1 heterocycles. The van der Waals surface area contributed by atoms with Crippen LogP contribution in [0.2, 0.25) is 0 Å². The van der Waals surface area contributed by atoms with Crippen LogP contribution >= 0.6 is 0 Å². The van der Waals surface area contributed by atoms with Gasteiger partial charge in [0, 0.05) is 47.1 Å². The molecule has 40 heavy (non-hydrogen) atoms. The van der Waals surface area contributed by atoms with Gasteiger partial charge in [-0.15, -0.1) is 0 Å². The van der Waals surface area contributed by atoms with E-state index in [0.29, 0.717) is 13.0 Å². The summed E-state index contributed by atoms with van der Waals surface area (Å²) in [6.45, 7) is 7.92. The summed E-state index contributed by atoms with van der Waals surface area (Å²) in [6, 6.07) is 8.72. The molecular weight excluding hydrogens is 512 g/mol. The highest BCUT2D eigenvalue weighted by Gasteiger charge is 2.42. The van der Waals surface area contributed by atoms with E-state index in [1.807, 2.05) is 37.3 Å². The minimum Gasteiger partial charge on any atom is -0.481 e. The zero-order chi connectivity index (χ0) is 30.0. The van der Waals surface area contributed by atoms with Crippen LogP contribution in [-0.4, -0.2) is 90.6 Å². The number of ketones is 1. The Bertz CT molecular complexity index is 985. The molecule has 2 amide bonds. The molecule has 9 nitrogen and oxygen atoms in total. The van der Waals surface area contributed by atoms with Crippen molar-refractivity contribution >= 4 is 23.6 Å². The Morgan fingerprint density at radius 3 is 2.25 bits per heavy atom. The lowest BCUT2D eigenvalue weighted by Gasteiger charge is -2.39. The quantitative estimate of drug-likeness (QED) is 0.327. The van der Waals surface area contributed by atoms with Gasteiger partial charge >= 0.3 is 5.97 Å². The van der Waals surface area contributed by atoms with Gasteiger partial charge in [0.2, 0.25) is 11.8 Å². The molecule has 224 valence electrons. The third-order valence-electron chi connectivity index (χ3n) is 8.62. The molecule has 1 N–H and O–H groups in total. The van der Waals surface area contributed by atoms with Crippen molar-refractivity contribution in [1.29, 1.82) is 0 Å². The van der Waals surface area contributed by atoms with E-state index < -0.39 is 30.0 Å². The SMILES string of the molecule is CC[C@H](C)[C@@H]([C@@H](CC(=O)N1CCC[C@H]1[C@H](OC)[C@@H](C)C(=O)C[C@@H](Cc1ccccc1)C(=O)O)OC)N(C)C(C)=O. The number of carboxylic acids is 1. The molecule has 0 saturated carbocycles. The number of amides is 2. The highest BCUT2D eigenvalue weighted by atomic mass is 16.5. The summed E-state index contributed by atoms with van der Waals surface area (Å²) in [5.74, 6) is -2.68. The lowest BCUT2D eigenvalue weighted by atomic mass is 9.85. The summed E-state index contributed by atoms with van der Waals surface area (Å²) in [5, 5.41) is 9.80. The van der Waals surface area contributed by atoms with E-state index in [0.717, 1.165) is 18.4 Å². The summed E-state index contributed by atoms with van der Waals surface area (Å²) in [7, 11) is 4.84. The largest absolute Gasteiger partial charge is 0.481 e. The molecule has 1 fully saturated rings. The van der Waals surface area contributed by atoms with E-state index >= 15 is 0 Å². The van der Waals surface area contributed by atoms with E-state index in [4.69, 9.17) is 9.47 Å². The first-order valence-corrected chi connectivity index (χ1v) is 14.3. The van der Waals surface area contributed by atoms with Crippen molar-refractivity contribution in [3.8, 4) is 0 Å². The highest BCUT2D eigenvalue weighted by molar-refractivity contribution is 5.86. The van der Waals surface area contributed by atoms with Crippen LogP contribution in [-0.2, 0) is 35.1 Å². The maximum Gasteiger partial charge on any atom is 0.307 e. The van der Waals surface area contributed by atoms with E-state index in [-0.39, 0.29) is 54.9 Å². The number of nitrogens with zero attached hydrogens (tertiary/aromatic N) is 2. The Labute approximate surface area is 239 Å². The zero-order valence-corrected chi connectivity index (χ0v) is 25.2. The Morgan fingerprint density at radius 1 is 1.07 bits per heavy atom. The van der Waals surface area contributed by atoms with Gasteiger partial charge in [-0.1, -0.05) is 57.5 Å². The molecular formula is C31H48N2O7. The second kappa shape index (κ2) is 15.9. The van der Waals surface area contributed by atoms with Gasteiger partial charge in [0.1, 0.15) is 5.78 Å². The van der Waals surface area contributed by atoms with Gasteiger partial charge in [0.25, 0.3) is 0 Å². The van der Waals surface area contributed by atoms with Crippen molar-refractivity contribution in [2.24, 2.45) is 17.8 Å². The Morgan fingerprint density at radius 2 is 1.73 bits per heavy atom. The van der Waals surface area contributed by atoms with E-state index in [9.17, 15) is 24.3 Å². The smallest absolute Gasteiger partial charge is 0.307 e. The molecule has 1 aromatic rings. The summed E-state index contributed by atoms with van der Waals surface area (Å²) in [5.41, 5.74) is 0.866. The fourth-order valence-corrected chi connectivity index (χ4v) is 5.98. The van der Waals surface area contributed by atoms with Crippen LogP contribution in [0, 0.1) is 17.8 Å². The van der Waals surface area contributed by atoms with Crippen molar-refractivity contribution in [3.63, 3.8) is 0 Å². The summed E-state index contributed by atoms with van der Waals surface area (Å²) in [6.07, 6.45) is 1.53. The number of hydrogen-bond acceptors (Lipinski definition) is 6. The first kappa shape index (κ1) is 33.4. The van der Waals surface area contributed by atoms with E-state index in [2.05, 4.69) is 6.92 Å². The van der Waals surface area contributed by atoms with Crippen molar-refractivity contribution < 1.29 is 33.8 Å². The van der Waals surface area contributed by atoms with Crippen molar-refractivity contribution in [2.75, 3.05) is 27.8 Å². The predicted octanol–water partition coefficient (Wildman–Crippen LogP) is 3.83. The van der Waals surface area contributed by atoms with Crippen LogP contribution in [0.4, 0.5) is 0 Å². The predicted molar refractivity (Wildman–Crippen MR) is 153 cm³/mol. The Hall–Kier alpha value is -2.78. The van der Waals surface area contributed by atoms with Gasteiger partial charge in [0.05, 0.1) is 36.6 Å². The lowest BCUT2D eigenvalue weighted by molar-refractivity contribution is -0.146. The van der Waals surface area contributed by atoms with Gasteiger partial charge in [-0.2, -0.15) is 0 Å². The van der Waals surface area contributed by atoms with Gasteiger partial charge in [-0.3, -0.25) is 19.2 Å². The van der Waals surface area contributed by atoms with Gasteiger partial charge in [0.15, 0.2) is 0 Å². The summed E-state index contributed by atoms with van der Waals surface area (Å²) in [4.78, 5) is 54.6. The van der Waals surface area contributed by atoms with Crippen molar-refractivity contribution in [2.45, 2.75) is 90.5 Å². The molecule has 0 radical (unpaired) electrons. The van der Waals surface area contributed by atoms with Crippen LogP contribution < -0.4 is 0 Å². The zero-order valence-electron chi connectivity index (χ0n) is 25.2. The van der Waals surface area contributed by atoms with Gasteiger partial charge < -0.3 is 24.4 Å². The molecule has 7 atom stereocenters. The minimum atomic E-state index is -1.01. The number of carbonyl (C=O) groups is 4. The highest BCUT2D eigenvalue weighted by Crippen LogP contribution is 2.30. The van der Waals surface area contributed by atoms with Crippen LogP contribution in [0.5, 0.6) is 0 Å². The summed E-state index contributed by atoms with van der Waals surface area (Å²) < 4.78 is 11.6. The van der Waals surface area contributed by atoms with Gasteiger partial charge in [-0.25, -0.2) is 0 Å². The molecule has 1 aromatic carbocycles. The number of ether oxygens (including phenoxy) is 2. The first-order chi connectivity index (χ1) is 19.0. The maximum absolute atomic E-state index is 13.6. The third-order valence-corrected chi connectivity index (χ3v) is 8.62. The van der Waals surface area contributed by atoms with Crippen LogP contribution in [0.1, 0.15) is 65.4 Å². The number of hydrogen-bond donors (Lipinski definition) is 1. The van der Waals surface area contributed by atoms with Crippen molar-refractivity contribution in [3.05, 3.63) is 35.9 Å². The first-order valence-electron chi connectivity index (χ1n) is 14.3. The third kappa shape index (κ3) is 8.61. The molecule has 9 heteroatoms. The maximum atomic E-state index is 13.6. The molecule has 0 aliphatic carbocycles. The fraction of sp³-hybridized carbons (Fsp3) is 0.677. The monoisotopic (exact) mass is 560 g/mol. The number of carbonyl (C=O) groups excluding carboxylic acids is 3. The Kier molecular flexibility index (Phi) is 13.3. The average molecular weight is 561 g/mol. The second-order valence-electron chi connectivity index (χ2n) is 11.2. The van der Waals surface area contributed by atoms with Crippen LogP contribution in [0.15, 0.2) is 30.3 Å². The second-order valence-corrected chi connectivity index (χ2v) is 11.2. The fourth-order valence-electron chi connectivity index (χ4n) is 5.98. The average Bonchev–Trinajstić information content (AvgIpc) is 3.42. The minimum absolute atomic E-state index is 0.0856. The van der Waals surface area contributed by atoms with Gasteiger partial charge in [-0.05, 0) is 30.7 Å². The van der Waals surface area contributed by atoms with E-state index in [1.54, 1.807) is 30.9 Å². The molecule has 0 spiro atoms. The molecule has 2 rings (SSSR count). The number of aliphatic carboxylic acids is 1. The molecule has 0 bridgehead atoms. The Balaban J connectivity index is 2.16. The van der Waals surface area contributed by atoms with Crippen LogP contribution in [0.25, 0.3) is 0 Å². The lowest BCUT2D eigenvalue weighted by Crippen LogP contribution is -2.52. The number of benzene rings is 1. The normalized spacial score (nSPS) is 19.8. The van der Waals surface area contributed by atoms with E-state index in [1.165, 1.54) is 14.0 Å². The number of rotatable bonds is 16. The number of carboxylic acid groups (broad SMARTS) is 1. The summed E-state index contributed by atoms with van der Waals surface area (Å²) >= 11 is 0. The topological polar surface area (TPSA) is 113 Å². The standard InChI is InChI=1S/C31H48N2O7/c1-8-20(2)29(32(5)22(4)34)27(39-6)19-28(36)33-16-12-15-25(33)30(40-7)21(3)26(35)18-24(31(37)38)17-23-13-10-9-11-14-23/h9-11,13-14,20-21,24-25,27,29-30H,8,12,15-19H2,1-7H3,(H,37,38)/t20-,21-,24+,25-,27+,29-,30+/m0/s1. The number of methoxy groups -OCH3 is 2. The van der Waals surface area contributed by atoms with Crippen molar-refractivity contribution in [1.82, 2.24) is 9.80 Å². The molecule has 1 saturated heterocycles. The molecule has 1 aliphatic heterocycles. The number of likely N-dealkylation sites (N-methyl/N-ethyl adjacent to an activating group) is 1. The number of Topliss-reactive ketones (excluding diaryl/α,β-unsaturated/α-hetero) is 1. The van der Waals surface area contributed by atoms with Crippen LogP contribution in [0.3, 0.4) is 0 Å². The number of likely N-dealkylation sites (tertiary alicyclic amines) is 1. The molecule has 0 aromatic heterocycles.